The number of thiophene rings is 4. The van der Waals surface area contributed by atoms with Crippen LogP contribution in [0, 0.1) is 80.4 Å². The molecular weight excluding hydrogens is 1100 g/mol. The van der Waals surface area contributed by atoms with Gasteiger partial charge in [0.05, 0.1) is 72.0 Å². The fourth-order valence-corrected chi connectivity index (χ4v) is 17.0. The second-order valence-electron chi connectivity index (χ2n) is 18.6. The predicted octanol–water partition coefficient (Wildman–Crippen LogP) is 16.4. The lowest BCUT2D eigenvalue weighted by Gasteiger charge is -2.15. The summed E-state index contributed by atoms with van der Waals surface area (Å²) in [7, 11) is 0. The second kappa shape index (κ2) is 17.7. The quantitative estimate of drug-likeness (QED) is 0.0864. The van der Waals surface area contributed by atoms with Gasteiger partial charge in [-0.3, -0.25) is 9.59 Å². The van der Waals surface area contributed by atoms with Crippen molar-refractivity contribution in [1.29, 1.82) is 21.0 Å². The first-order valence-corrected chi connectivity index (χ1v) is 27.4. The van der Waals surface area contributed by atoms with Gasteiger partial charge >= 0.3 is 0 Å². The van der Waals surface area contributed by atoms with Crippen molar-refractivity contribution in [2.24, 2.45) is 11.8 Å². The van der Waals surface area contributed by atoms with Crippen molar-refractivity contribution >= 4 is 187 Å². The molecule has 21 heteroatoms. The number of fused-ring (bicyclic) bond motifs is 16. The molecule has 0 fully saturated rings. The minimum absolute atomic E-state index is 0.0430. The maximum atomic E-state index is 14.6. The monoisotopic (exact) mass is 1120 g/mol. The number of ketones is 2. The summed E-state index contributed by atoms with van der Waals surface area (Å²) in [6.45, 7) is 9.70. The first-order chi connectivity index (χ1) is 36.0. The van der Waals surface area contributed by atoms with Gasteiger partial charge in [0.15, 0.2) is 34.8 Å². The Hall–Kier alpha value is -7.30. The molecule has 0 N–H and O–H groups in total. The fraction of sp³-hybridized carbons (Fsp3) is 0.148. The molecule has 366 valence electrons. The summed E-state index contributed by atoms with van der Waals surface area (Å²) in [4.78, 5) is 28.6. The number of hydrogen-bond donors (Lipinski definition) is 0. The van der Waals surface area contributed by atoms with E-state index >= 15 is 0 Å². The van der Waals surface area contributed by atoms with Crippen LogP contribution < -0.4 is 0 Å². The number of rotatable bonds is 7. The van der Waals surface area contributed by atoms with Gasteiger partial charge in [-0.1, -0.05) is 63.0 Å². The van der Waals surface area contributed by atoms with Gasteiger partial charge in [-0.15, -0.1) is 45.3 Å². The van der Waals surface area contributed by atoms with Crippen LogP contribution in [0.4, 0.5) is 17.6 Å². The van der Waals surface area contributed by atoms with Gasteiger partial charge in [-0.25, -0.2) is 17.6 Å². The molecule has 0 saturated heterocycles. The van der Waals surface area contributed by atoms with E-state index in [-0.39, 0.29) is 56.4 Å². The Kier molecular flexibility index (Phi) is 11.4. The summed E-state index contributed by atoms with van der Waals surface area (Å²) in [5.41, 5.74) is 3.59. The van der Waals surface area contributed by atoms with Gasteiger partial charge < -0.3 is 9.13 Å². The van der Waals surface area contributed by atoms with Gasteiger partial charge in [0.25, 0.3) is 0 Å². The van der Waals surface area contributed by atoms with Crippen LogP contribution in [0.15, 0.2) is 58.7 Å². The fourth-order valence-electron chi connectivity index (χ4n) is 10.3. The molecule has 0 saturated carbocycles. The molecule has 0 unspecified atom stereocenters. The molecule has 12 rings (SSSR count). The van der Waals surface area contributed by atoms with E-state index < -0.39 is 46.0 Å². The summed E-state index contributed by atoms with van der Waals surface area (Å²) in [6.07, 6.45) is 6.19. The number of aromatic nitrogens is 4. The zero-order valence-corrected chi connectivity index (χ0v) is 44.5. The minimum atomic E-state index is -1.24. The molecule has 10 aromatic rings. The molecule has 0 aliphatic heterocycles. The Morgan fingerprint density at radius 2 is 1.00 bits per heavy atom. The third-order valence-corrected chi connectivity index (χ3v) is 19.9. The van der Waals surface area contributed by atoms with Crippen LogP contribution in [-0.4, -0.2) is 29.4 Å². The topological polar surface area (TPSA) is 165 Å². The Labute approximate surface area is 451 Å². The lowest BCUT2D eigenvalue weighted by atomic mass is 9.99. The number of Topliss-reactive ketones (excluding diaryl/α,β-unsaturated/α-hetero) is 2. The van der Waals surface area contributed by atoms with E-state index in [0.29, 0.717) is 38.4 Å². The third kappa shape index (κ3) is 6.93. The maximum Gasteiger partial charge on any atom is 0.194 e. The number of hydrogen-bond acceptors (Lipinski definition) is 13. The van der Waals surface area contributed by atoms with Gasteiger partial charge in [0.1, 0.15) is 46.5 Å². The van der Waals surface area contributed by atoms with Crippen molar-refractivity contribution in [3.8, 4) is 24.3 Å². The highest BCUT2D eigenvalue weighted by Crippen LogP contribution is 2.56. The van der Waals surface area contributed by atoms with Crippen molar-refractivity contribution in [3.63, 3.8) is 0 Å². The number of carbonyl (C=O) groups is 2. The molecule has 2 aliphatic carbocycles. The highest BCUT2D eigenvalue weighted by atomic mass is 35.5. The predicted molar refractivity (Wildman–Crippen MR) is 292 cm³/mol. The first-order valence-electron chi connectivity index (χ1n) is 22.7. The van der Waals surface area contributed by atoms with Crippen LogP contribution in [0.1, 0.15) is 69.3 Å². The summed E-state index contributed by atoms with van der Waals surface area (Å²) in [5, 5.41) is 42.1. The summed E-state index contributed by atoms with van der Waals surface area (Å²) >= 11 is 21.4. The molecule has 75 heavy (non-hydrogen) atoms. The largest absolute Gasteiger partial charge is 0.337 e. The van der Waals surface area contributed by atoms with Crippen molar-refractivity contribution in [2.45, 2.75) is 40.8 Å². The van der Waals surface area contributed by atoms with E-state index in [0.717, 1.165) is 103 Å². The van der Waals surface area contributed by atoms with Crippen LogP contribution in [0.5, 0.6) is 0 Å². The Morgan fingerprint density at radius 3 is 1.45 bits per heavy atom. The average molecular weight is 1130 g/mol. The zero-order chi connectivity index (χ0) is 52.8. The molecule has 3 aromatic carbocycles. The number of nitriles is 4. The molecule has 0 spiro atoms. The van der Waals surface area contributed by atoms with E-state index in [2.05, 4.69) is 36.8 Å². The SMILES string of the molecule is CC(C)Cn1c2c3sc(/C=C4\C(=O)c5cc(F)c(F)cc5C4=C(C#N)C#N)c(Cl)c3sc2c2c3nsnc3c3c4sc5c(Cl)c(/C=C/C=C6\C(=O)c7cc(F)c(F)cc7C6=C(C#N)C#N)sc5c4n(CC(C)C)c3c21. The summed E-state index contributed by atoms with van der Waals surface area (Å²) in [5.74, 6) is -5.95. The van der Waals surface area contributed by atoms with Crippen LogP contribution in [0.25, 0.3) is 95.4 Å². The van der Waals surface area contributed by atoms with Gasteiger partial charge in [-0.05, 0) is 59.4 Å². The van der Waals surface area contributed by atoms with Gasteiger partial charge in [0, 0.05) is 67.0 Å². The van der Waals surface area contributed by atoms with Gasteiger partial charge in [0.2, 0.25) is 0 Å². The number of benzene rings is 3. The molecule has 10 nitrogen and oxygen atoms in total. The number of allylic oxidation sites excluding steroid dienone is 8. The van der Waals surface area contributed by atoms with E-state index in [4.69, 9.17) is 31.9 Å². The average Bonchev–Trinajstić information content (AvgIpc) is 4.31. The third-order valence-electron chi connectivity index (χ3n) is 13.1. The van der Waals surface area contributed by atoms with Crippen LogP contribution in [0.2, 0.25) is 10.0 Å². The highest BCUT2D eigenvalue weighted by molar-refractivity contribution is 7.35. The Bertz CT molecular complexity index is 4700. The Balaban J connectivity index is 1.08. The molecule has 0 atom stereocenters. The normalized spacial score (nSPS) is 14.8. The molecule has 7 aromatic heterocycles. The Morgan fingerprint density at radius 1 is 0.587 bits per heavy atom. The molecule has 2 aliphatic rings. The molecule has 0 amide bonds. The summed E-state index contributed by atoms with van der Waals surface area (Å²) < 4.78 is 77.7. The molecule has 0 radical (unpaired) electrons. The van der Waals surface area contributed by atoms with Crippen molar-refractivity contribution in [3.05, 3.63) is 124 Å². The first kappa shape index (κ1) is 48.6. The molecule has 7 heterocycles. The highest BCUT2D eigenvalue weighted by Gasteiger charge is 2.37. The number of nitrogens with zero attached hydrogens (tertiary/aromatic N) is 8. The van der Waals surface area contributed by atoms with E-state index in [1.807, 2.05) is 12.1 Å². The minimum Gasteiger partial charge on any atom is -0.337 e. The van der Waals surface area contributed by atoms with E-state index in [1.54, 1.807) is 24.3 Å². The smallest absolute Gasteiger partial charge is 0.194 e. The van der Waals surface area contributed by atoms with Crippen LogP contribution in [-0.2, 0) is 13.1 Å². The van der Waals surface area contributed by atoms with Crippen LogP contribution in [0.3, 0.4) is 0 Å². The van der Waals surface area contributed by atoms with Crippen LogP contribution >= 0.6 is 80.3 Å². The number of halogens is 6. The second-order valence-corrected chi connectivity index (χ2v) is 24.0. The number of carbonyl (C=O) groups excluding carboxylic acids is 2. The lowest BCUT2D eigenvalue weighted by molar-refractivity contribution is 0.103. The van der Waals surface area contributed by atoms with Gasteiger partial charge in [-0.2, -0.15) is 29.8 Å². The van der Waals surface area contributed by atoms with E-state index in [1.165, 1.54) is 57.5 Å². The zero-order valence-electron chi connectivity index (χ0n) is 38.9. The summed E-state index contributed by atoms with van der Waals surface area (Å²) in [6, 6.07) is 10.4. The lowest BCUT2D eigenvalue weighted by Crippen LogP contribution is -2.07. The molecule has 0 bridgehead atoms. The van der Waals surface area contributed by atoms with Crippen molar-refractivity contribution < 1.29 is 27.2 Å². The molecular formula is C54H26Cl2F4N8O2S5. The van der Waals surface area contributed by atoms with Crippen molar-refractivity contribution in [2.75, 3.05) is 0 Å². The van der Waals surface area contributed by atoms with E-state index in [9.17, 15) is 48.2 Å². The maximum absolute atomic E-state index is 14.6. The standard InChI is InChI=1S/C54H26Cl2F4N8O2S5/c1-19(2)17-67-43-37(49-45(67)53-51(73-49)39(55)33(71-53)7-5-6-23-35(21(13-61)14-62)24-8-29(57)31(59)10-26(24)47(23)69)41-42(66-75-65-41)38-44(43)68(18-20(3)4)46-50(38)74-52-40(56)34(72-54(46)52)12-28-36(22(15-63)16-64)25-9-30(58)32(60)11-27(25)48(28)70/h5-12,19-20H,17-18H2,1-4H3/b7-5+,23-6-,28-12-. The van der Waals surface area contributed by atoms with Crippen molar-refractivity contribution in [1.82, 2.24) is 17.9 Å².